The van der Waals surface area contributed by atoms with Gasteiger partial charge < -0.3 is 5.32 Å². The first-order valence-corrected chi connectivity index (χ1v) is 18.6. The van der Waals surface area contributed by atoms with Crippen molar-refractivity contribution in [1.82, 2.24) is 5.32 Å². The van der Waals surface area contributed by atoms with Crippen LogP contribution in [0.25, 0.3) is 5.57 Å². The molecule has 1 aliphatic carbocycles. The smallest absolute Gasteiger partial charge is 0.0660 e. The first kappa shape index (κ1) is 39.3. The summed E-state index contributed by atoms with van der Waals surface area (Å²) in [6, 6.07) is 32.1. The minimum Gasteiger partial charge on any atom is -0.306 e. The number of hydrogen-bond donors (Lipinski definition) is 1. The Morgan fingerprint density at radius 1 is 0.725 bits per heavy atom. The first-order chi connectivity index (χ1) is 24.5. The van der Waals surface area contributed by atoms with Crippen LogP contribution in [-0.4, -0.2) is 18.5 Å². The summed E-state index contributed by atoms with van der Waals surface area (Å²) >= 11 is 0. The van der Waals surface area contributed by atoms with Gasteiger partial charge in [0.15, 0.2) is 0 Å². The Morgan fingerprint density at radius 2 is 1.35 bits per heavy atom. The number of nitrogens with one attached hydrogen (secondary N) is 1. The zero-order valence-corrected chi connectivity index (χ0v) is 32.7. The van der Waals surface area contributed by atoms with E-state index in [2.05, 4.69) is 163 Å². The summed E-state index contributed by atoms with van der Waals surface area (Å²) in [5, 5.41) is 3.81. The molecule has 3 nitrogen and oxygen atoms in total. The molecule has 1 aliphatic rings. The van der Waals surface area contributed by atoms with E-state index in [0.29, 0.717) is 0 Å². The molecule has 0 heterocycles. The van der Waals surface area contributed by atoms with E-state index < -0.39 is 0 Å². The minimum atomic E-state index is -0.0550. The third-order valence-electron chi connectivity index (χ3n) is 10.8. The van der Waals surface area contributed by atoms with Crippen molar-refractivity contribution in [1.29, 1.82) is 0 Å². The highest BCUT2D eigenvalue weighted by Crippen LogP contribution is 2.52. The van der Waals surface area contributed by atoms with Crippen LogP contribution in [0.5, 0.6) is 0 Å². The van der Waals surface area contributed by atoms with Gasteiger partial charge in [-0.05, 0) is 144 Å². The molecule has 0 aliphatic heterocycles. The molecule has 4 aromatic rings. The summed E-state index contributed by atoms with van der Waals surface area (Å²) in [5.41, 5.74) is 18.7. The lowest BCUT2D eigenvalue weighted by Gasteiger charge is -2.31. The molecule has 1 N–H and O–H groups in total. The van der Waals surface area contributed by atoms with Crippen LogP contribution >= 0.6 is 0 Å². The van der Waals surface area contributed by atoms with Crippen LogP contribution in [0.15, 0.2) is 100 Å². The van der Waals surface area contributed by atoms with Gasteiger partial charge in [-0.3, -0.25) is 9.98 Å². The van der Waals surface area contributed by atoms with Crippen molar-refractivity contribution in [3.05, 3.63) is 141 Å². The molecule has 0 radical (unpaired) electrons. The summed E-state index contributed by atoms with van der Waals surface area (Å²) < 4.78 is 0. The van der Waals surface area contributed by atoms with E-state index in [1.165, 1.54) is 67.1 Å². The maximum absolute atomic E-state index is 5.15. The maximum atomic E-state index is 5.15. The van der Waals surface area contributed by atoms with Gasteiger partial charge in [0.25, 0.3) is 0 Å². The zero-order chi connectivity index (χ0) is 37.1. The highest BCUT2D eigenvalue weighted by atomic mass is 14.9. The monoisotopic (exact) mass is 677 g/mol. The molecule has 0 spiro atoms. The minimum absolute atomic E-state index is 0.0550. The number of terminal acetylenes is 1. The number of hydrogen-bond acceptors (Lipinski definition) is 3. The predicted octanol–water partition coefficient (Wildman–Crippen LogP) is 12.1. The Bertz CT molecular complexity index is 1890. The lowest BCUT2D eigenvalue weighted by Crippen LogP contribution is -2.24. The van der Waals surface area contributed by atoms with Crippen LogP contribution in [0.3, 0.4) is 0 Å². The van der Waals surface area contributed by atoms with Gasteiger partial charge >= 0.3 is 0 Å². The lowest BCUT2D eigenvalue weighted by atomic mass is 9.73. The van der Waals surface area contributed by atoms with E-state index >= 15 is 0 Å². The van der Waals surface area contributed by atoms with E-state index in [-0.39, 0.29) is 11.5 Å². The normalized spacial score (nSPS) is 16.5. The summed E-state index contributed by atoms with van der Waals surface area (Å²) in [5.74, 6) is 0. The van der Waals surface area contributed by atoms with Gasteiger partial charge in [0.05, 0.1) is 5.69 Å². The third kappa shape index (κ3) is 10.1. The number of allylic oxidation sites excluding steroid dienone is 2. The molecule has 0 fully saturated rings. The van der Waals surface area contributed by atoms with Crippen molar-refractivity contribution in [2.45, 2.75) is 112 Å². The Morgan fingerprint density at radius 3 is 2.00 bits per heavy atom. The van der Waals surface area contributed by atoms with Crippen molar-refractivity contribution in [2.24, 2.45) is 9.98 Å². The van der Waals surface area contributed by atoms with E-state index in [1.54, 1.807) is 5.57 Å². The van der Waals surface area contributed by atoms with Gasteiger partial charge in [-0.2, -0.15) is 0 Å². The number of aryl methyl sites for hydroxylation is 5. The van der Waals surface area contributed by atoms with Crippen LogP contribution in [-0.2, 0) is 18.4 Å². The molecule has 0 amide bonds. The summed E-state index contributed by atoms with van der Waals surface area (Å²) in [6.45, 7) is 18.7. The lowest BCUT2D eigenvalue weighted by molar-refractivity contribution is 0.512. The van der Waals surface area contributed by atoms with Crippen LogP contribution < -0.4 is 5.32 Å². The Hall–Kier alpha value is -4.52. The number of fused-ring (bicyclic) bond motifs is 1. The molecule has 5 rings (SSSR count). The fourth-order valence-corrected chi connectivity index (χ4v) is 7.29. The molecule has 0 aromatic heterocycles. The number of nitrogens with zero attached hydrogens (tertiary/aromatic N) is 2. The average molecular weight is 678 g/mol. The topological polar surface area (TPSA) is 36.8 Å². The van der Waals surface area contributed by atoms with E-state index in [4.69, 9.17) is 4.99 Å². The maximum Gasteiger partial charge on any atom is 0.0660 e. The van der Waals surface area contributed by atoms with Crippen molar-refractivity contribution in [3.63, 3.8) is 0 Å². The summed E-state index contributed by atoms with van der Waals surface area (Å²) in [6.07, 6.45) is 14.1. The average Bonchev–Trinajstić information content (AvgIpc) is 3.37. The van der Waals surface area contributed by atoms with Gasteiger partial charge in [0.1, 0.15) is 0 Å². The van der Waals surface area contributed by atoms with Crippen LogP contribution in [0.1, 0.15) is 116 Å². The van der Waals surface area contributed by atoms with Gasteiger partial charge in [0.2, 0.25) is 0 Å². The SMILES string of the molecule is C#C.CN=C(C)CCC1(C)C(CCC(C)=Nc2cc(C)ccc2C)=C(CCc2ccc(C)cc2)c2cc(C(C)NCc3ccc(C)cc3)ccc21. The quantitative estimate of drug-likeness (QED) is 0.105. The van der Waals surface area contributed by atoms with Crippen molar-refractivity contribution < 1.29 is 0 Å². The van der Waals surface area contributed by atoms with Crippen molar-refractivity contribution in [2.75, 3.05) is 7.05 Å². The number of benzene rings is 4. The molecule has 51 heavy (non-hydrogen) atoms. The Kier molecular flexibility index (Phi) is 13.9. The molecular formula is C48H59N3. The fourth-order valence-electron chi connectivity index (χ4n) is 7.29. The van der Waals surface area contributed by atoms with E-state index in [9.17, 15) is 0 Å². The number of rotatable bonds is 14. The molecule has 266 valence electrons. The molecule has 3 heteroatoms. The van der Waals surface area contributed by atoms with Gasteiger partial charge in [-0.25, -0.2) is 0 Å². The molecule has 4 aromatic carbocycles. The second-order valence-electron chi connectivity index (χ2n) is 14.8. The highest BCUT2D eigenvalue weighted by Gasteiger charge is 2.40. The fraction of sp³-hybridized carbons (Fsp3) is 0.375. The van der Waals surface area contributed by atoms with Crippen LogP contribution in [0.4, 0.5) is 5.69 Å². The largest absolute Gasteiger partial charge is 0.306 e. The van der Waals surface area contributed by atoms with Crippen molar-refractivity contribution >= 4 is 22.7 Å². The van der Waals surface area contributed by atoms with E-state index in [0.717, 1.165) is 50.8 Å². The van der Waals surface area contributed by atoms with Crippen LogP contribution in [0, 0.1) is 40.5 Å². The zero-order valence-electron chi connectivity index (χ0n) is 32.7. The second kappa shape index (κ2) is 18.1. The van der Waals surface area contributed by atoms with Crippen LogP contribution in [0.2, 0.25) is 0 Å². The van der Waals surface area contributed by atoms with Gasteiger partial charge in [-0.1, -0.05) is 96.4 Å². The molecule has 2 atom stereocenters. The second-order valence-corrected chi connectivity index (χ2v) is 14.8. The molecule has 2 unspecified atom stereocenters. The Labute approximate surface area is 309 Å². The first-order valence-electron chi connectivity index (χ1n) is 18.6. The van der Waals surface area contributed by atoms with Gasteiger partial charge in [0, 0.05) is 36.5 Å². The highest BCUT2D eigenvalue weighted by molar-refractivity contribution is 5.87. The molecular weight excluding hydrogens is 619 g/mol. The standard InChI is InChI=1S/C46H57N3.C2H2/c1-31-11-17-38(18-12-31)21-23-41-42-29-40(37(7)48-30-39-19-13-32(2)14-20-39)22-25-44(42)46(8,27-26-35(5)47-9)43(41)24-16-36(6)49-45-28-33(3)10-15-34(45)4;1-2/h10-15,17-20,22,25,28-29,37,48H,16,21,23-24,26-27,30H2,1-9H3;1-2H. The third-order valence-corrected chi connectivity index (χ3v) is 10.8. The van der Waals surface area contributed by atoms with Crippen molar-refractivity contribution in [3.8, 4) is 12.8 Å². The summed E-state index contributed by atoms with van der Waals surface area (Å²) in [7, 11) is 1.92. The molecule has 0 saturated heterocycles. The Balaban J connectivity index is 0.00000286. The number of aliphatic imine (C=N–C) groups is 2. The molecule has 0 saturated carbocycles. The summed E-state index contributed by atoms with van der Waals surface area (Å²) in [4.78, 5) is 9.71. The van der Waals surface area contributed by atoms with E-state index in [1.807, 2.05) is 7.05 Å². The predicted molar refractivity (Wildman–Crippen MR) is 223 cm³/mol. The molecule has 0 bridgehead atoms. The van der Waals surface area contributed by atoms with Gasteiger partial charge in [-0.15, -0.1) is 12.8 Å².